The van der Waals surface area contributed by atoms with E-state index >= 15 is 0 Å². The average Bonchev–Trinajstić information content (AvgIpc) is 2.69. The van der Waals surface area contributed by atoms with Crippen LogP contribution in [0.2, 0.25) is 0 Å². The number of fused-ring (bicyclic) bond motifs is 1. The van der Waals surface area contributed by atoms with Crippen molar-refractivity contribution >= 4 is 17.7 Å². The summed E-state index contributed by atoms with van der Waals surface area (Å²) in [5.41, 5.74) is 6.39. The first-order valence-electron chi connectivity index (χ1n) is 9.89. The predicted molar refractivity (Wildman–Crippen MR) is 109 cm³/mol. The summed E-state index contributed by atoms with van der Waals surface area (Å²) in [7, 11) is 0. The first-order chi connectivity index (χ1) is 13.7. The first-order valence-corrected chi connectivity index (χ1v) is 9.89. The van der Waals surface area contributed by atoms with Crippen LogP contribution in [0.4, 0.5) is 0 Å². The fourth-order valence-electron chi connectivity index (χ4n) is 2.64. The van der Waals surface area contributed by atoms with E-state index in [0.717, 1.165) is 0 Å². The van der Waals surface area contributed by atoms with Crippen LogP contribution in [-0.2, 0) is 20.7 Å². The highest BCUT2D eigenvalue weighted by molar-refractivity contribution is 6.00. The third kappa shape index (κ3) is 8.62. The number of rotatable bonds is 7. The normalized spacial score (nSPS) is 18.0. The molecule has 0 aliphatic carbocycles. The highest BCUT2D eigenvalue weighted by atomic mass is 16.6. The monoisotopic (exact) mass is 411 g/mol. The molecule has 1 aromatic rings. The third-order valence-corrected chi connectivity index (χ3v) is 3.87. The SMILES string of the molecule is CC.CC.CC(=O)OCCCC1(O)CC(=O)c2cc(CC(N)C(=O)O)ccc2O1. The van der Waals surface area contributed by atoms with Gasteiger partial charge >= 0.3 is 11.9 Å². The number of ketones is 1. The molecule has 1 aromatic carbocycles. The number of esters is 1. The Bertz CT molecular complexity index is 690. The minimum absolute atomic E-state index is 0.0859. The van der Waals surface area contributed by atoms with Crippen molar-refractivity contribution in [2.75, 3.05) is 6.61 Å². The standard InChI is InChI=1S/C17H21NO7.2C2H6/c1-10(19)24-6-2-5-17(23)9-14(20)12-7-11(3-4-15(12)25-17)8-13(18)16(21)22;2*1-2/h3-4,7,13,23H,2,5-6,8-9,18H2,1H3,(H,21,22);2*1-2H3. The Morgan fingerprint density at radius 1 is 1.28 bits per heavy atom. The molecule has 8 nitrogen and oxygen atoms in total. The molecular formula is C21H33NO7. The lowest BCUT2D eigenvalue weighted by Gasteiger charge is -2.33. The zero-order chi connectivity index (χ0) is 22.6. The van der Waals surface area contributed by atoms with E-state index < -0.39 is 23.8 Å². The summed E-state index contributed by atoms with van der Waals surface area (Å²) < 4.78 is 10.3. The van der Waals surface area contributed by atoms with Gasteiger partial charge in [0.25, 0.3) is 0 Å². The number of benzene rings is 1. The van der Waals surface area contributed by atoms with Gasteiger partial charge in [0.1, 0.15) is 11.8 Å². The van der Waals surface area contributed by atoms with Crippen LogP contribution in [0.15, 0.2) is 18.2 Å². The molecule has 0 spiro atoms. The van der Waals surface area contributed by atoms with E-state index in [0.29, 0.717) is 17.5 Å². The van der Waals surface area contributed by atoms with Gasteiger partial charge in [0.2, 0.25) is 5.79 Å². The zero-order valence-electron chi connectivity index (χ0n) is 17.9. The fourth-order valence-corrected chi connectivity index (χ4v) is 2.64. The molecule has 2 atom stereocenters. The van der Waals surface area contributed by atoms with E-state index in [1.807, 2.05) is 27.7 Å². The van der Waals surface area contributed by atoms with E-state index in [-0.39, 0.29) is 37.4 Å². The van der Waals surface area contributed by atoms with Crippen LogP contribution in [0.3, 0.4) is 0 Å². The van der Waals surface area contributed by atoms with Gasteiger partial charge in [-0.1, -0.05) is 33.8 Å². The van der Waals surface area contributed by atoms with Crippen molar-refractivity contribution in [1.29, 1.82) is 0 Å². The van der Waals surface area contributed by atoms with Crippen molar-refractivity contribution in [3.63, 3.8) is 0 Å². The number of hydrogen-bond acceptors (Lipinski definition) is 7. The lowest BCUT2D eigenvalue weighted by Crippen LogP contribution is -2.42. The van der Waals surface area contributed by atoms with E-state index in [1.54, 1.807) is 12.1 Å². The number of hydrogen-bond donors (Lipinski definition) is 3. The summed E-state index contributed by atoms with van der Waals surface area (Å²) in [4.78, 5) is 33.9. The van der Waals surface area contributed by atoms with Gasteiger partial charge < -0.3 is 25.4 Å². The second-order valence-electron chi connectivity index (χ2n) is 6.07. The summed E-state index contributed by atoms with van der Waals surface area (Å²) in [5.74, 6) is -3.25. The molecule has 0 fully saturated rings. The number of carboxylic acid groups (broad SMARTS) is 1. The maximum Gasteiger partial charge on any atom is 0.320 e. The van der Waals surface area contributed by atoms with Crippen LogP contribution in [0.5, 0.6) is 5.75 Å². The van der Waals surface area contributed by atoms with Crippen molar-refractivity contribution in [1.82, 2.24) is 0 Å². The van der Waals surface area contributed by atoms with Gasteiger partial charge in [-0.3, -0.25) is 14.4 Å². The van der Waals surface area contributed by atoms with Crippen molar-refractivity contribution < 1.29 is 34.1 Å². The second-order valence-corrected chi connectivity index (χ2v) is 6.07. The molecular weight excluding hydrogens is 378 g/mol. The largest absolute Gasteiger partial charge is 0.480 e. The number of nitrogens with two attached hydrogens (primary N) is 1. The Kier molecular flexibility index (Phi) is 11.8. The van der Waals surface area contributed by atoms with Crippen molar-refractivity contribution in [2.24, 2.45) is 5.73 Å². The van der Waals surface area contributed by atoms with E-state index in [4.69, 9.17) is 20.3 Å². The van der Waals surface area contributed by atoms with Gasteiger partial charge in [-0.25, -0.2) is 0 Å². The summed E-state index contributed by atoms with van der Waals surface area (Å²) >= 11 is 0. The summed E-state index contributed by atoms with van der Waals surface area (Å²) in [5, 5.41) is 19.3. The van der Waals surface area contributed by atoms with Crippen LogP contribution < -0.4 is 10.5 Å². The molecule has 0 saturated heterocycles. The molecule has 4 N–H and O–H groups in total. The maximum absolute atomic E-state index is 12.3. The summed E-state index contributed by atoms with van der Waals surface area (Å²) in [6.07, 6.45) is 0.346. The Hall–Kier alpha value is -2.45. The van der Waals surface area contributed by atoms with Gasteiger partial charge in [0.05, 0.1) is 18.6 Å². The summed E-state index contributed by atoms with van der Waals surface area (Å²) in [6.45, 7) is 9.42. The lowest BCUT2D eigenvalue weighted by molar-refractivity contribution is -0.152. The molecule has 8 heteroatoms. The zero-order valence-corrected chi connectivity index (χ0v) is 17.9. The number of carboxylic acids is 1. The first kappa shape index (κ1) is 26.6. The predicted octanol–water partition coefficient (Wildman–Crippen LogP) is 2.69. The quantitative estimate of drug-likeness (QED) is 0.460. The molecule has 2 unspecified atom stereocenters. The molecule has 0 radical (unpaired) electrons. The van der Waals surface area contributed by atoms with Crippen molar-refractivity contribution in [2.45, 2.75) is 72.1 Å². The topological polar surface area (TPSA) is 136 Å². The molecule has 1 aliphatic rings. The number of carbonyl (C=O) groups excluding carboxylic acids is 2. The maximum atomic E-state index is 12.3. The Morgan fingerprint density at radius 2 is 1.90 bits per heavy atom. The molecule has 29 heavy (non-hydrogen) atoms. The average molecular weight is 411 g/mol. The highest BCUT2D eigenvalue weighted by Crippen LogP contribution is 2.35. The number of aliphatic hydroxyl groups is 1. The molecule has 164 valence electrons. The molecule has 0 amide bonds. The molecule has 0 saturated carbocycles. The Balaban J connectivity index is 0.00000184. The van der Waals surface area contributed by atoms with Crippen LogP contribution in [0, 0.1) is 0 Å². The van der Waals surface area contributed by atoms with Crippen LogP contribution in [-0.4, -0.2) is 46.4 Å². The number of carbonyl (C=O) groups is 3. The van der Waals surface area contributed by atoms with Gasteiger partial charge in [-0.2, -0.15) is 0 Å². The van der Waals surface area contributed by atoms with Crippen LogP contribution in [0.25, 0.3) is 0 Å². The number of aliphatic carboxylic acids is 1. The minimum atomic E-state index is -1.65. The molecule has 0 aromatic heterocycles. The van der Waals surface area contributed by atoms with E-state index in [1.165, 1.54) is 13.0 Å². The molecule has 1 heterocycles. The van der Waals surface area contributed by atoms with Gasteiger partial charge in [-0.15, -0.1) is 0 Å². The molecule has 1 aliphatic heterocycles. The number of Topliss-reactive ketones (excluding diaryl/α,β-unsaturated/α-hetero) is 1. The van der Waals surface area contributed by atoms with Crippen molar-refractivity contribution in [3.8, 4) is 5.75 Å². The van der Waals surface area contributed by atoms with Crippen LogP contribution in [0.1, 0.15) is 69.8 Å². The minimum Gasteiger partial charge on any atom is -0.480 e. The summed E-state index contributed by atoms with van der Waals surface area (Å²) in [6, 6.07) is 3.61. The fraction of sp³-hybridized carbons (Fsp3) is 0.571. The van der Waals surface area contributed by atoms with Crippen LogP contribution >= 0.6 is 0 Å². The van der Waals surface area contributed by atoms with Crippen molar-refractivity contribution in [3.05, 3.63) is 29.3 Å². The second kappa shape index (κ2) is 12.9. The highest BCUT2D eigenvalue weighted by Gasteiger charge is 2.38. The molecule has 2 rings (SSSR count). The van der Waals surface area contributed by atoms with Gasteiger partial charge in [0, 0.05) is 13.3 Å². The molecule has 0 bridgehead atoms. The van der Waals surface area contributed by atoms with Gasteiger partial charge in [0.15, 0.2) is 5.78 Å². The van der Waals surface area contributed by atoms with E-state index in [2.05, 4.69) is 0 Å². The Labute approximate surface area is 172 Å². The smallest absolute Gasteiger partial charge is 0.320 e. The third-order valence-electron chi connectivity index (χ3n) is 3.87. The van der Waals surface area contributed by atoms with E-state index in [9.17, 15) is 19.5 Å². The van der Waals surface area contributed by atoms with Gasteiger partial charge in [-0.05, 0) is 30.5 Å². The lowest BCUT2D eigenvalue weighted by atomic mass is 9.93. The number of ether oxygens (including phenoxy) is 2. The Morgan fingerprint density at radius 3 is 2.45 bits per heavy atom.